The van der Waals surface area contributed by atoms with Crippen LogP contribution in [0.15, 0.2) is 40.8 Å². The second-order valence-electron chi connectivity index (χ2n) is 8.18. The van der Waals surface area contributed by atoms with Gasteiger partial charge in [0, 0.05) is 18.4 Å². The van der Waals surface area contributed by atoms with Crippen LogP contribution in [-0.2, 0) is 14.4 Å². The van der Waals surface area contributed by atoms with Gasteiger partial charge in [0.05, 0.1) is 0 Å². The van der Waals surface area contributed by atoms with E-state index in [-0.39, 0.29) is 17.9 Å². The molecule has 0 radical (unpaired) electrons. The Balaban J connectivity index is 1.74. The van der Waals surface area contributed by atoms with Crippen LogP contribution >= 0.6 is 0 Å². The predicted molar refractivity (Wildman–Crippen MR) is 116 cm³/mol. The lowest BCUT2D eigenvalue weighted by Crippen LogP contribution is -2.55. The van der Waals surface area contributed by atoms with Gasteiger partial charge in [0.15, 0.2) is 11.8 Å². The van der Waals surface area contributed by atoms with Gasteiger partial charge in [-0.15, -0.1) is 0 Å². The van der Waals surface area contributed by atoms with Crippen LogP contribution in [0.25, 0.3) is 11.3 Å². The maximum Gasteiger partial charge on any atom is 0.329 e. The van der Waals surface area contributed by atoms with Gasteiger partial charge in [0.1, 0.15) is 17.9 Å². The van der Waals surface area contributed by atoms with Crippen LogP contribution in [0.5, 0.6) is 0 Å². The Bertz CT molecular complexity index is 998. The Kier molecular flexibility index (Phi) is 8.34. The fraction of sp³-hybridized carbons (Fsp3) is 0.417. The average molecular weight is 458 g/mol. The number of hydrogen-bond donors (Lipinski definition) is 2. The van der Waals surface area contributed by atoms with Crippen molar-refractivity contribution in [2.75, 3.05) is 0 Å². The van der Waals surface area contributed by atoms with E-state index >= 15 is 0 Å². The molecular formula is C24H27FN2O6. The number of hydrazine groups is 1. The molecule has 0 spiro atoms. The zero-order valence-corrected chi connectivity index (χ0v) is 18.2. The molecule has 2 aromatic rings. The van der Waals surface area contributed by atoms with Crippen molar-refractivity contribution in [1.82, 2.24) is 10.4 Å². The van der Waals surface area contributed by atoms with E-state index in [1.807, 2.05) is 0 Å². The molecule has 1 unspecified atom stereocenters. The van der Waals surface area contributed by atoms with Crippen molar-refractivity contribution < 1.29 is 33.1 Å². The average Bonchev–Trinajstić information content (AvgIpc) is 3.31. The van der Waals surface area contributed by atoms with Crippen LogP contribution in [0, 0.1) is 11.7 Å². The molecule has 1 atom stereocenters. The van der Waals surface area contributed by atoms with Crippen LogP contribution in [0.4, 0.5) is 4.39 Å². The number of carbonyl (C=O) groups is 4. The first kappa shape index (κ1) is 24.2. The van der Waals surface area contributed by atoms with Crippen molar-refractivity contribution in [3.63, 3.8) is 0 Å². The molecule has 1 aromatic carbocycles. The van der Waals surface area contributed by atoms with Gasteiger partial charge in [-0.3, -0.25) is 15.0 Å². The Hall–Kier alpha value is -3.49. The molecule has 9 heteroatoms. The topological polar surface area (TPSA) is 117 Å². The van der Waals surface area contributed by atoms with Gasteiger partial charge in [-0.2, -0.15) is 0 Å². The van der Waals surface area contributed by atoms with Crippen LogP contribution in [0.2, 0.25) is 0 Å². The van der Waals surface area contributed by atoms with Crippen molar-refractivity contribution >= 4 is 24.1 Å². The number of nitrogens with one attached hydrogen (secondary N) is 1. The Morgan fingerprint density at radius 3 is 2.61 bits per heavy atom. The highest BCUT2D eigenvalue weighted by Crippen LogP contribution is 2.28. The van der Waals surface area contributed by atoms with Crippen molar-refractivity contribution in [3.05, 3.63) is 48.0 Å². The number of carbonyl (C=O) groups excluding carboxylic acids is 3. The summed E-state index contributed by atoms with van der Waals surface area (Å²) in [5, 5.41) is 10.3. The van der Waals surface area contributed by atoms with Gasteiger partial charge in [0.25, 0.3) is 0 Å². The number of aliphatic carboxylic acids is 1. The number of amides is 2. The molecule has 0 bridgehead atoms. The molecule has 176 valence electrons. The maximum atomic E-state index is 13.5. The molecule has 0 aliphatic heterocycles. The standard InChI is InChI=1S/C24H27FN2O6/c25-18-8-4-7-17(15-18)20-10-11-21(33-20)23(30)26-27(19(13-14-28)24(31)32)22(29)12-9-16-5-2-1-3-6-16/h4,7-8,10-11,14-16,19H,1-3,5-6,9,12-13H2,(H,26,30)(H,31,32). The highest BCUT2D eigenvalue weighted by Gasteiger charge is 2.32. The highest BCUT2D eigenvalue weighted by molar-refractivity contribution is 5.95. The summed E-state index contributed by atoms with van der Waals surface area (Å²) < 4.78 is 19.0. The van der Waals surface area contributed by atoms with E-state index in [2.05, 4.69) is 5.43 Å². The smallest absolute Gasteiger partial charge is 0.329 e. The van der Waals surface area contributed by atoms with Crippen molar-refractivity contribution in [3.8, 4) is 11.3 Å². The number of furan rings is 1. The number of aldehydes is 1. The van der Waals surface area contributed by atoms with Crippen molar-refractivity contribution in [2.24, 2.45) is 5.92 Å². The molecule has 1 aliphatic carbocycles. The summed E-state index contributed by atoms with van der Waals surface area (Å²) in [5.74, 6) is -2.88. The summed E-state index contributed by atoms with van der Waals surface area (Å²) in [4.78, 5) is 48.4. The maximum absolute atomic E-state index is 13.5. The molecule has 1 saturated carbocycles. The van der Waals surface area contributed by atoms with Crippen molar-refractivity contribution in [2.45, 2.75) is 57.4 Å². The Labute approximate surface area is 190 Å². The summed E-state index contributed by atoms with van der Waals surface area (Å²) >= 11 is 0. The SMILES string of the molecule is O=CCC(C(=O)O)N(NC(=O)c1ccc(-c2cccc(F)c2)o1)C(=O)CCC1CCCCC1. The zero-order valence-electron chi connectivity index (χ0n) is 18.2. The van der Waals surface area contributed by atoms with Crippen molar-refractivity contribution in [1.29, 1.82) is 0 Å². The number of benzene rings is 1. The molecule has 2 N–H and O–H groups in total. The number of carboxylic acid groups (broad SMARTS) is 1. The third-order valence-electron chi connectivity index (χ3n) is 5.84. The van der Waals surface area contributed by atoms with Gasteiger partial charge in [-0.25, -0.2) is 14.2 Å². The van der Waals surface area contributed by atoms with Crippen LogP contribution < -0.4 is 5.43 Å². The lowest BCUT2D eigenvalue weighted by molar-refractivity contribution is -0.153. The highest BCUT2D eigenvalue weighted by atomic mass is 19.1. The van der Waals surface area contributed by atoms with E-state index in [4.69, 9.17) is 4.42 Å². The number of nitrogens with zero attached hydrogens (tertiary/aromatic N) is 1. The third kappa shape index (κ3) is 6.50. The van der Waals surface area contributed by atoms with Gasteiger partial charge in [-0.05, 0) is 36.6 Å². The lowest BCUT2D eigenvalue weighted by Gasteiger charge is -2.29. The summed E-state index contributed by atoms with van der Waals surface area (Å²) in [5.41, 5.74) is 2.72. The van der Waals surface area contributed by atoms with E-state index in [1.165, 1.54) is 36.8 Å². The number of carboxylic acids is 1. The third-order valence-corrected chi connectivity index (χ3v) is 5.84. The molecule has 2 amide bonds. The molecule has 0 saturated heterocycles. The van der Waals surface area contributed by atoms with Crippen LogP contribution in [0.3, 0.4) is 0 Å². The summed E-state index contributed by atoms with van der Waals surface area (Å²) in [6.45, 7) is 0. The summed E-state index contributed by atoms with van der Waals surface area (Å²) in [6.07, 6.45) is 5.98. The minimum Gasteiger partial charge on any atom is -0.480 e. The van der Waals surface area contributed by atoms with Gasteiger partial charge < -0.3 is 14.3 Å². The predicted octanol–water partition coefficient (Wildman–Crippen LogP) is 3.96. The van der Waals surface area contributed by atoms with E-state index in [0.29, 0.717) is 29.2 Å². The molecule has 1 fully saturated rings. The normalized spacial score (nSPS) is 14.9. The van der Waals surface area contributed by atoms with Crippen LogP contribution in [0.1, 0.15) is 61.9 Å². The second kappa shape index (κ2) is 11.4. The van der Waals surface area contributed by atoms with Crippen LogP contribution in [-0.4, -0.2) is 40.2 Å². The van der Waals surface area contributed by atoms with E-state index in [9.17, 15) is 28.7 Å². The molecule has 33 heavy (non-hydrogen) atoms. The summed E-state index contributed by atoms with van der Waals surface area (Å²) in [6, 6.07) is 6.89. The number of halogens is 1. The molecule has 3 rings (SSSR count). The molecule has 1 aliphatic rings. The first-order valence-corrected chi connectivity index (χ1v) is 11.0. The van der Waals surface area contributed by atoms with E-state index in [1.54, 1.807) is 6.07 Å². The fourth-order valence-corrected chi connectivity index (χ4v) is 4.07. The Morgan fingerprint density at radius 2 is 1.94 bits per heavy atom. The molecule has 8 nitrogen and oxygen atoms in total. The first-order valence-electron chi connectivity index (χ1n) is 11.0. The first-order chi connectivity index (χ1) is 15.9. The zero-order chi connectivity index (χ0) is 23.8. The van der Waals surface area contributed by atoms with E-state index in [0.717, 1.165) is 25.7 Å². The van der Waals surface area contributed by atoms with Gasteiger partial charge in [0.2, 0.25) is 5.91 Å². The molecular weight excluding hydrogens is 431 g/mol. The van der Waals surface area contributed by atoms with E-state index < -0.39 is 36.1 Å². The fourth-order valence-electron chi connectivity index (χ4n) is 4.07. The quantitative estimate of drug-likeness (QED) is 0.434. The largest absolute Gasteiger partial charge is 0.480 e. The molecule has 1 heterocycles. The van der Waals surface area contributed by atoms with Gasteiger partial charge in [-0.1, -0.05) is 44.2 Å². The number of rotatable bonds is 9. The monoisotopic (exact) mass is 458 g/mol. The minimum atomic E-state index is -1.54. The minimum absolute atomic E-state index is 0.0558. The second-order valence-corrected chi connectivity index (χ2v) is 8.18. The lowest BCUT2D eigenvalue weighted by atomic mass is 9.86. The van der Waals surface area contributed by atoms with Gasteiger partial charge >= 0.3 is 11.9 Å². The Morgan fingerprint density at radius 1 is 1.18 bits per heavy atom. The summed E-state index contributed by atoms with van der Waals surface area (Å²) in [7, 11) is 0. The number of hydrogen-bond acceptors (Lipinski definition) is 5. The molecule has 1 aromatic heterocycles.